The van der Waals surface area contributed by atoms with Crippen LogP contribution in [0.3, 0.4) is 0 Å². The van der Waals surface area contributed by atoms with Gasteiger partial charge in [-0.05, 0) is 31.5 Å². The molecule has 0 bridgehead atoms. The molecule has 1 aromatic carbocycles. The van der Waals surface area contributed by atoms with Gasteiger partial charge >= 0.3 is 5.97 Å². The second kappa shape index (κ2) is 6.14. The second-order valence-corrected chi connectivity index (χ2v) is 5.91. The van der Waals surface area contributed by atoms with Crippen molar-refractivity contribution in [2.75, 3.05) is 13.7 Å². The van der Waals surface area contributed by atoms with Crippen LogP contribution in [0.5, 0.6) is 0 Å². The van der Waals surface area contributed by atoms with Crippen LogP contribution >= 0.6 is 0 Å². The van der Waals surface area contributed by atoms with E-state index < -0.39 is 22.1 Å². The molecule has 0 aromatic heterocycles. The summed E-state index contributed by atoms with van der Waals surface area (Å²) >= 11 is 0. The lowest BCUT2D eigenvalue weighted by Gasteiger charge is -2.11. The monoisotopic (exact) mass is 287 g/mol. The van der Waals surface area contributed by atoms with Gasteiger partial charge in [0.1, 0.15) is 0 Å². The molecule has 0 amide bonds. The zero-order chi connectivity index (χ0) is 14.6. The molecule has 1 atom stereocenters. The number of nitrogens with one attached hydrogen (secondary N) is 1. The lowest BCUT2D eigenvalue weighted by Crippen LogP contribution is -2.31. The van der Waals surface area contributed by atoms with E-state index in [0.29, 0.717) is 5.56 Å². The first-order valence-electron chi connectivity index (χ1n) is 5.64. The van der Waals surface area contributed by atoms with Crippen LogP contribution in [-0.4, -0.2) is 39.3 Å². The van der Waals surface area contributed by atoms with Crippen molar-refractivity contribution in [1.29, 1.82) is 0 Å². The summed E-state index contributed by atoms with van der Waals surface area (Å²) in [6.07, 6.45) is -0.793. The molecule has 7 heteroatoms. The van der Waals surface area contributed by atoms with Crippen LogP contribution in [-0.2, 0) is 14.8 Å². The summed E-state index contributed by atoms with van der Waals surface area (Å²) in [7, 11) is -2.54. The minimum atomic E-state index is -3.77. The van der Waals surface area contributed by atoms with Crippen molar-refractivity contribution >= 4 is 16.0 Å². The van der Waals surface area contributed by atoms with E-state index in [0.717, 1.165) is 0 Å². The second-order valence-electron chi connectivity index (χ2n) is 4.17. The Morgan fingerprint density at radius 1 is 1.47 bits per heavy atom. The maximum Gasteiger partial charge on any atom is 0.337 e. The fourth-order valence-electron chi connectivity index (χ4n) is 1.44. The predicted molar refractivity (Wildman–Crippen MR) is 69.4 cm³/mol. The molecule has 0 heterocycles. The van der Waals surface area contributed by atoms with Crippen molar-refractivity contribution in [2.45, 2.75) is 24.8 Å². The van der Waals surface area contributed by atoms with Crippen molar-refractivity contribution in [3.63, 3.8) is 0 Å². The number of carbonyl (C=O) groups is 1. The summed E-state index contributed by atoms with van der Waals surface area (Å²) in [6.45, 7) is 3.00. The van der Waals surface area contributed by atoms with Crippen LogP contribution in [0.1, 0.15) is 22.8 Å². The molecule has 0 radical (unpaired) electrons. The van der Waals surface area contributed by atoms with Gasteiger partial charge < -0.3 is 9.84 Å². The van der Waals surface area contributed by atoms with Gasteiger partial charge in [-0.25, -0.2) is 17.9 Å². The maximum absolute atomic E-state index is 12.0. The van der Waals surface area contributed by atoms with E-state index in [1.165, 1.54) is 32.2 Å². The average Bonchev–Trinajstić information content (AvgIpc) is 2.36. The zero-order valence-electron chi connectivity index (χ0n) is 11.0. The van der Waals surface area contributed by atoms with Crippen molar-refractivity contribution in [2.24, 2.45) is 0 Å². The van der Waals surface area contributed by atoms with Gasteiger partial charge in [-0.2, -0.15) is 0 Å². The maximum atomic E-state index is 12.0. The van der Waals surface area contributed by atoms with Crippen LogP contribution in [0.2, 0.25) is 0 Å². The molecule has 0 aliphatic carbocycles. The highest BCUT2D eigenvalue weighted by molar-refractivity contribution is 7.89. The highest BCUT2D eigenvalue weighted by atomic mass is 32.2. The first kappa shape index (κ1) is 15.6. The number of hydrogen-bond acceptors (Lipinski definition) is 5. The molecule has 0 saturated carbocycles. The Morgan fingerprint density at radius 2 is 2.11 bits per heavy atom. The molecule has 0 aliphatic rings. The lowest BCUT2D eigenvalue weighted by atomic mass is 10.1. The minimum Gasteiger partial charge on any atom is -0.465 e. The molecular weight excluding hydrogens is 270 g/mol. The molecule has 0 unspecified atom stereocenters. The number of rotatable bonds is 5. The van der Waals surface area contributed by atoms with E-state index in [-0.39, 0.29) is 17.0 Å². The molecule has 0 saturated heterocycles. The molecule has 0 fully saturated rings. The third kappa shape index (κ3) is 4.02. The summed E-state index contributed by atoms with van der Waals surface area (Å²) in [6, 6.07) is 4.28. The highest BCUT2D eigenvalue weighted by Gasteiger charge is 2.19. The molecule has 106 valence electrons. The summed E-state index contributed by atoms with van der Waals surface area (Å²) < 4.78 is 30.9. The Kier molecular flexibility index (Phi) is 5.04. The van der Waals surface area contributed by atoms with Crippen LogP contribution in [0.15, 0.2) is 23.1 Å². The Balaban J connectivity index is 3.15. The molecular formula is C12H17NO5S. The van der Waals surface area contributed by atoms with Gasteiger partial charge in [-0.3, -0.25) is 0 Å². The number of benzene rings is 1. The molecule has 6 nitrogen and oxygen atoms in total. The van der Waals surface area contributed by atoms with E-state index >= 15 is 0 Å². The first-order chi connectivity index (χ1) is 8.77. The van der Waals surface area contributed by atoms with Crippen LogP contribution in [0.25, 0.3) is 0 Å². The zero-order valence-corrected chi connectivity index (χ0v) is 11.8. The van der Waals surface area contributed by atoms with E-state index in [9.17, 15) is 13.2 Å². The Bertz CT molecular complexity index is 565. The Labute approximate surface area is 112 Å². The van der Waals surface area contributed by atoms with Gasteiger partial charge in [0, 0.05) is 6.54 Å². The number of hydrogen-bond donors (Lipinski definition) is 2. The molecule has 19 heavy (non-hydrogen) atoms. The summed E-state index contributed by atoms with van der Waals surface area (Å²) in [4.78, 5) is 11.4. The third-order valence-corrected chi connectivity index (χ3v) is 4.03. The number of carbonyl (C=O) groups excluding carboxylic acids is 1. The number of esters is 1. The van der Waals surface area contributed by atoms with Gasteiger partial charge in [0.2, 0.25) is 10.0 Å². The molecule has 0 aliphatic heterocycles. The number of aryl methyl sites for hydroxylation is 1. The largest absolute Gasteiger partial charge is 0.465 e. The smallest absolute Gasteiger partial charge is 0.337 e. The van der Waals surface area contributed by atoms with E-state index in [4.69, 9.17) is 5.11 Å². The standard InChI is InChI=1S/C12H17NO5S/c1-8-4-5-10(12(15)18-3)6-11(8)19(16,17)13-7-9(2)14/h4-6,9,13-14H,7H2,1-3H3/t9-/m1/s1. The van der Waals surface area contributed by atoms with Gasteiger partial charge in [-0.15, -0.1) is 0 Å². The van der Waals surface area contributed by atoms with Crippen LogP contribution in [0.4, 0.5) is 0 Å². The number of methoxy groups -OCH3 is 1. The van der Waals surface area contributed by atoms with Gasteiger partial charge in [0.05, 0.1) is 23.7 Å². The van der Waals surface area contributed by atoms with Gasteiger partial charge in [-0.1, -0.05) is 6.07 Å². The van der Waals surface area contributed by atoms with E-state index in [1.54, 1.807) is 6.92 Å². The highest BCUT2D eigenvalue weighted by Crippen LogP contribution is 2.17. The number of ether oxygens (including phenoxy) is 1. The molecule has 1 rings (SSSR count). The summed E-state index contributed by atoms with van der Waals surface area (Å²) in [5.41, 5.74) is 0.663. The topological polar surface area (TPSA) is 92.7 Å². The Morgan fingerprint density at radius 3 is 2.63 bits per heavy atom. The van der Waals surface area contributed by atoms with Crippen molar-refractivity contribution in [3.8, 4) is 0 Å². The summed E-state index contributed by atoms with van der Waals surface area (Å²) in [5, 5.41) is 9.11. The number of aliphatic hydroxyl groups is 1. The van der Waals surface area contributed by atoms with E-state index in [1.807, 2.05) is 0 Å². The number of sulfonamides is 1. The lowest BCUT2D eigenvalue weighted by molar-refractivity contribution is 0.0600. The third-order valence-electron chi connectivity index (χ3n) is 2.47. The van der Waals surface area contributed by atoms with Crippen molar-refractivity contribution < 1.29 is 23.1 Å². The average molecular weight is 287 g/mol. The Hall–Kier alpha value is -1.44. The van der Waals surface area contributed by atoms with Gasteiger partial charge in [0.25, 0.3) is 0 Å². The fourth-order valence-corrected chi connectivity index (χ4v) is 2.83. The summed E-state index contributed by atoms with van der Waals surface area (Å²) in [5.74, 6) is -0.605. The minimum absolute atomic E-state index is 0.00366. The predicted octanol–water partition coefficient (Wildman–Crippen LogP) is 0.441. The SMILES string of the molecule is COC(=O)c1ccc(C)c(S(=O)(=O)NC[C@@H](C)O)c1. The first-order valence-corrected chi connectivity index (χ1v) is 7.13. The van der Waals surface area contributed by atoms with Crippen LogP contribution in [0, 0.1) is 6.92 Å². The van der Waals surface area contributed by atoms with Crippen molar-refractivity contribution in [1.82, 2.24) is 4.72 Å². The fraction of sp³-hybridized carbons (Fsp3) is 0.417. The molecule has 1 aromatic rings. The number of aliphatic hydroxyl groups excluding tert-OH is 1. The molecule has 2 N–H and O–H groups in total. The van der Waals surface area contributed by atoms with Gasteiger partial charge in [0.15, 0.2) is 0 Å². The molecule has 0 spiro atoms. The normalized spacial score (nSPS) is 13.1. The van der Waals surface area contributed by atoms with Crippen LogP contribution < -0.4 is 4.72 Å². The van der Waals surface area contributed by atoms with E-state index in [2.05, 4.69) is 9.46 Å². The van der Waals surface area contributed by atoms with Crippen molar-refractivity contribution in [3.05, 3.63) is 29.3 Å². The quantitative estimate of drug-likeness (QED) is 0.767.